The van der Waals surface area contributed by atoms with E-state index in [1.165, 1.54) is 0 Å². The van der Waals surface area contributed by atoms with E-state index in [2.05, 4.69) is 21.9 Å². The van der Waals surface area contributed by atoms with Crippen LogP contribution in [0.5, 0.6) is 0 Å². The van der Waals surface area contributed by atoms with Gasteiger partial charge in [0.1, 0.15) is 5.69 Å². The van der Waals surface area contributed by atoms with Crippen LogP contribution in [0.25, 0.3) is 5.65 Å². The average Bonchev–Trinajstić information content (AvgIpc) is 2.89. The Balaban J connectivity index is 0.00000176. The molecule has 110 valence electrons. The highest BCUT2D eigenvalue weighted by Gasteiger charge is 2.04. The van der Waals surface area contributed by atoms with Gasteiger partial charge >= 0.3 is 0 Å². The Morgan fingerprint density at radius 3 is 2.86 bits per heavy atom. The molecule has 0 unspecified atom stereocenters. The predicted octanol–water partition coefficient (Wildman–Crippen LogP) is 3.24. The Labute approximate surface area is 138 Å². The van der Waals surface area contributed by atoms with Gasteiger partial charge in [-0.05, 0) is 54.3 Å². The van der Waals surface area contributed by atoms with Crippen LogP contribution in [-0.4, -0.2) is 19.8 Å². The van der Waals surface area contributed by atoms with Crippen molar-refractivity contribution >= 4 is 34.9 Å². The van der Waals surface area contributed by atoms with Gasteiger partial charge < -0.3 is 0 Å². The first-order chi connectivity index (χ1) is 10.1. The van der Waals surface area contributed by atoms with Crippen LogP contribution in [0.15, 0.2) is 42.7 Å². The molecule has 1 aromatic carbocycles. The largest absolute Gasteiger partial charge is 0.276 e. The number of benzene rings is 1. The maximum absolute atomic E-state index is 11.2. The molecule has 0 spiro atoms. The second kappa shape index (κ2) is 6.61. The zero-order chi connectivity index (χ0) is 14.8. The van der Waals surface area contributed by atoms with E-state index in [9.17, 15) is 4.79 Å². The number of aromatic nitrogens is 3. The summed E-state index contributed by atoms with van der Waals surface area (Å²) in [5.41, 5.74) is 3.59. The van der Waals surface area contributed by atoms with Crippen molar-refractivity contribution in [2.75, 3.05) is 0 Å². The fourth-order valence-electron chi connectivity index (χ4n) is 1.92. The average molecular weight is 332 g/mol. The van der Waals surface area contributed by atoms with Crippen LogP contribution < -0.4 is 0 Å². The van der Waals surface area contributed by atoms with E-state index in [0.29, 0.717) is 11.3 Å². The third-order valence-electron chi connectivity index (χ3n) is 3.07. The van der Waals surface area contributed by atoms with Gasteiger partial charge in [0.2, 0.25) is 0 Å². The smallest absolute Gasteiger partial charge is 0.252 e. The fraction of sp³-hybridized carbons (Fsp3) is 0.0625. The van der Waals surface area contributed by atoms with Crippen molar-refractivity contribution in [2.45, 2.75) is 6.92 Å². The summed E-state index contributed by atoms with van der Waals surface area (Å²) in [4.78, 5) is 15.4. The number of carbonyl (C=O) groups excluding carboxylic acids is 1. The van der Waals surface area contributed by atoms with Gasteiger partial charge in [-0.1, -0.05) is 12.0 Å². The maximum atomic E-state index is 11.2. The van der Waals surface area contributed by atoms with Crippen molar-refractivity contribution in [3.8, 4) is 11.8 Å². The summed E-state index contributed by atoms with van der Waals surface area (Å²) < 4.78 is 1.67. The van der Waals surface area contributed by atoms with Gasteiger partial charge in [0.05, 0.1) is 6.20 Å². The minimum absolute atomic E-state index is 0. The first kappa shape index (κ1) is 16.0. The van der Waals surface area contributed by atoms with Gasteiger partial charge in [0.15, 0.2) is 5.65 Å². The Morgan fingerprint density at radius 2 is 2.09 bits per heavy atom. The highest BCUT2D eigenvalue weighted by atomic mass is 35.5. The lowest BCUT2D eigenvalue weighted by Gasteiger charge is -1.99. The number of hydrogen-bond acceptors (Lipinski definition) is 3. The zero-order valence-corrected chi connectivity index (χ0v) is 13.1. The van der Waals surface area contributed by atoms with E-state index in [-0.39, 0.29) is 12.4 Å². The lowest BCUT2D eigenvalue weighted by Crippen LogP contribution is -1.94. The van der Waals surface area contributed by atoms with E-state index >= 15 is 0 Å². The molecule has 0 aliphatic heterocycles. The molecule has 3 rings (SSSR count). The number of imidazole rings is 1. The highest BCUT2D eigenvalue weighted by molar-refractivity contribution is 6.67. The van der Waals surface area contributed by atoms with Gasteiger partial charge in [0, 0.05) is 17.3 Å². The lowest BCUT2D eigenvalue weighted by molar-refractivity contribution is 0.108. The second-order valence-electron chi connectivity index (χ2n) is 4.49. The van der Waals surface area contributed by atoms with E-state index < -0.39 is 5.24 Å². The van der Waals surface area contributed by atoms with Crippen molar-refractivity contribution in [1.82, 2.24) is 14.6 Å². The van der Waals surface area contributed by atoms with Crippen LogP contribution in [0.3, 0.4) is 0 Å². The summed E-state index contributed by atoms with van der Waals surface area (Å²) in [5.74, 6) is 6.07. The Hall–Kier alpha value is -2.35. The standard InChI is InChI=1S/C16H10ClN3O.ClH/c1-11-4-5-13(16(17)21)9-12(11)6-7-14-10-18-15-3-2-8-19-20(14)15;/h2-5,8-10H,1H3;1H. The molecule has 0 saturated carbocycles. The van der Waals surface area contributed by atoms with Crippen molar-refractivity contribution in [3.05, 3.63) is 65.1 Å². The lowest BCUT2D eigenvalue weighted by atomic mass is 10.1. The quantitative estimate of drug-likeness (QED) is 0.508. The molecule has 0 saturated heterocycles. The Kier molecular flexibility index (Phi) is 4.81. The molecule has 0 amide bonds. The molecule has 22 heavy (non-hydrogen) atoms. The van der Waals surface area contributed by atoms with E-state index in [4.69, 9.17) is 11.6 Å². The highest BCUT2D eigenvalue weighted by Crippen LogP contribution is 2.12. The molecule has 4 nitrogen and oxygen atoms in total. The summed E-state index contributed by atoms with van der Waals surface area (Å²) in [6.45, 7) is 1.93. The minimum Gasteiger partial charge on any atom is -0.276 e. The van der Waals surface area contributed by atoms with Gasteiger partial charge in [-0.2, -0.15) is 5.10 Å². The number of hydrogen-bond donors (Lipinski definition) is 0. The van der Waals surface area contributed by atoms with Crippen molar-refractivity contribution < 1.29 is 4.79 Å². The van der Waals surface area contributed by atoms with Crippen LogP contribution in [0.4, 0.5) is 0 Å². The third kappa shape index (κ3) is 3.11. The fourth-order valence-corrected chi connectivity index (χ4v) is 2.04. The molecule has 0 N–H and O–H groups in total. The number of carbonyl (C=O) groups is 1. The molecule has 0 atom stereocenters. The Morgan fingerprint density at radius 1 is 1.27 bits per heavy atom. The number of nitrogens with zero attached hydrogens (tertiary/aromatic N) is 3. The van der Waals surface area contributed by atoms with Crippen LogP contribution in [0.2, 0.25) is 0 Å². The van der Waals surface area contributed by atoms with Crippen molar-refractivity contribution in [2.24, 2.45) is 0 Å². The summed E-state index contributed by atoms with van der Waals surface area (Å²) in [7, 11) is 0. The monoisotopic (exact) mass is 331 g/mol. The molecule has 2 aromatic heterocycles. The van der Waals surface area contributed by atoms with Crippen LogP contribution >= 0.6 is 24.0 Å². The summed E-state index contributed by atoms with van der Waals surface area (Å²) in [5, 5.41) is 3.71. The number of rotatable bonds is 1. The molecular weight excluding hydrogens is 321 g/mol. The molecule has 0 radical (unpaired) electrons. The summed E-state index contributed by atoms with van der Waals surface area (Å²) in [6, 6.07) is 8.88. The normalized spacial score (nSPS) is 9.73. The number of halogens is 2. The summed E-state index contributed by atoms with van der Waals surface area (Å²) in [6.07, 6.45) is 3.35. The number of fused-ring (bicyclic) bond motifs is 1. The Bertz CT molecular complexity index is 906. The molecule has 0 aliphatic rings. The number of aryl methyl sites for hydroxylation is 1. The topological polar surface area (TPSA) is 47.3 Å². The van der Waals surface area contributed by atoms with Gasteiger partial charge in [0.25, 0.3) is 5.24 Å². The molecule has 0 aliphatic carbocycles. The van der Waals surface area contributed by atoms with E-state index in [1.54, 1.807) is 29.0 Å². The van der Waals surface area contributed by atoms with Crippen molar-refractivity contribution in [1.29, 1.82) is 0 Å². The first-order valence-electron chi connectivity index (χ1n) is 6.26. The third-order valence-corrected chi connectivity index (χ3v) is 3.29. The van der Waals surface area contributed by atoms with Crippen LogP contribution in [0.1, 0.15) is 27.2 Å². The first-order valence-corrected chi connectivity index (χ1v) is 6.64. The van der Waals surface area contributed by atoms with Crippen LogP contribution in [-0.2, 0) is 0 Å². The van der Waals surface area contributed by atoms with Gasteiger partial charge in [-0.3, -0.25) is 4.79 Å². The van der Waals surface area contributed by atoms with E-state index in [0.717, 1.165) is 16.8 Å². The second-order valence-corrected chi connectivity index (χ2v) is 4.83. The molecule has 2 heterocycles. The molecule has 3 aromatic rings. The van der Waals surface area contributed by atoms with Crippen LogP contribution in [0, 0.1) is 18.8 Å². The van der Waals surface area contributed by atoms with Crippen molar-refractivity contribution in [3.63, 3.8) is 0 Å². The molecule has 6 heteroatoms. The predicted molar refractivity (Wildman–Crippen MR) is 87.6 cm³/mol. The summed E-state index contributed by atoms with van der Waals surface area (Å²) >= 11 is 5.49. The molecule has 0 fully saturated rings. The van der Waals surface area contributed by atoms with Gasteiger partial charge in [-0.25, -0.2) is 9.50 Å². The zero-order valence-electron chi connectivity index (χ0n) is 11.6. The minimum atomic E-state index is -0.491. The molecule has 0 bridgehead atoms. The maximum Gasteiger partial charge on any atom is 0.252 e. The molecular formula is C16H11Cl2N3O. The SMILES string of the molecule is Cc1ccc(C(=O)Cl)cc1C#Cc1cnc2cccnn12.Cl. The van der Waals surface area contributed by atoms with Gasteiger partial charge in [-0.15, -0.1) is 12.4 Å². The van der Waals surface area contributed by atoms with E-state index in [1.807, 2.05) is 25.1 Å².